The molecule has 3 aromatic heterocycles. The van der Waals surface area contributed by atoms with E-state index in [0.29, 0.717) is 27.6 Å². The first-order valence-corrected chi connectivity index (χ1v) is 10.8. The monoisotopic (exact) mass is 452 g/mol. The number of anilines is 2. The maximum absolute atomic E-state index is 6.40. The quantitative estimate of drug-likeness (QED) is 0.375. The van der Waals surface area contributed by atoms with Gasteiger partial charge in [0.05, 0.1) is 16.8 Å². The number of fused-ring (bicyclic) bond motifs is 1. The van der Waals surface area contributed by atoms with Gasteiger partial charge in [-0.15, -0.1) is 0 Å². The Bertz CT molecular complexity index is 1470. The molecule has 7 heteroatoms. The van der Waals surface area contributed by atoms with Crippen molar-refractivity contribution < 1.29 is 0 Å². The largest absolute Gasteiger partial charge is 0.383 e. The molecule has 0 aliphatic rings. The van der Waals surface area contributed by atoms with E-state index in [-0.39, 0.29) is 0 Å². The maximum atomic E-state index is 6.40. The Kier molecular flexibility index (Phi) is 5.36. The van der Waals surface area contributed by atoms with Crippen molar-refractivity contribution in [1.29, 1.82) is 0 Å². The van der Waals surface area contributed by atoms with Gasteiger partial charge in [0.1, 0.15) is 12.1 Å². The standard InChI is InChI=1S/C26H21ClN6/c1-33(2)19-11-12-29-20(14-19)24-22(16-7-4-3-5-8-16)21(17-9-6-10-18(27)13-17)23-25(28)30-15-31-26(23)32-24/h3-15H,1-2H3,(H2,28,30,31,32). The van der Waals surface area contributed by atoms with Crippen LogP contribution < -0.4 is 10.6 Å². The van der Waals surface area contributed by atoms with Gasteiger partial charge in [-0.1, -0.05) is 54.1 Å². The summed E-state index contributed by atoms with van der Waals surface area (Å²) in [5.74, 6) is 0.362. The predicted molar refractivity (Wildman–Crippen MR) is 135 cm³/mol. The van der Waals surface area contributed by atoms with Crippen molar-refractivity contribution in [2.75, 3.05) is 24.7 Å². The van der Waals surface area contributed by atoms with E-state index in [9.17, 15) is 0 Å². The molecule has 6 nitrogen and oxygen atoms in total. The molecule has 0 saturated carbocycles. The van der Waals surface area contributed by atoms with E-state index in [2.05, 4.69) is 27.1 Å². The van der Waals surface area contributed by atoms with Crippen LogP contribution in [0.1, 0.15) is 0 Å². The normalized spacial score (nSPS) is 11.0. The number of nitrogens with zero attached hydrogens (tertiary/aromatic N) is 5. The molecule has 0 aliphatic carbocycles. The number of hydrogen-bond acceptors (Lipinski definition) is 6. The molecule has 2 aromatic carbocycles. The van der Waals surface area contributed by atoms with Gasteiger partial charge in [0.2, 0.25) is 0 Å². The number of benzene rings is 2. The number of nitrogen functional groups attached to an aromatic ring is 1. The van der Waals surface area contributed by atoms with Crippen molar-refractivity contribution in [3.8, 4) is 33.6 Å². The first kappa shape index (κ1) is 20.8. The Morgan fingerprint density at radius 3 is 2.36 bits per heavy atom. The van der Waals surface area contributed by atoms with Gasteiger partial charge in [0, 0.05) is 42.1 Å². The average Bonchev–Trinajstić information content (AvgIpc) is 2.83. The third-order valence-electron chi connectivity index (χ3n) is 5.49. The third kappa shape index (κ3) is 3.85. The second-order valence-corrected chi connectivity index (χ2v) is 8.27. The molecule has 3 heterocycles. The van der Waals surface area contributed by atoms with Crippen LogP contribution in [-0.4, -0.2) is 34.0 Å². The lowest BCUT2D eigenvalue weighted by Crippen LogP contribution is -2.09. The van der Waals surface area contributed by atoms with E-state index in [1.807, 2.05) is 73.6 Å². The molecule has 33 heavy (non-hydrogen) atoms. The lowest BCUT2D eigenvalue weighted by molar-refractivity contribution is 1.12. The Hall–Kier alpha value is -4.03. The van der Waals surface area contributed by atoms with E-state index >= 15 is 0 Å². The van der Waals surface area contributed by atoms with Gasteiger partial charge in [0.15, 0.2) is 5.65 Å². The summed E-state index contributed by atoms with van der Waals surface area (Å²) in [6, 6.07) is 21.8. The van der Waals surface area contributed by atoms with Crippen LogP contribution in [-0.2, 0) is 0 Å². The summed E-state index contributed by atoms with van der Waals surface area (Å²) in [6.45, 7) is 0. The minimum Gasteiger partial charge on any atom is -0.383 e. The van der Waals surface area contributed by atoms with Gasteiger partial charge in [0.25, 0.3) is 0 Å². The summed E-state index contributed by atoms with van der Waals surface area (Å²) in [7, 11) is 3.99. The summed E-state index contributed by atoms with van der Waals surface area (Å²) in [4.78, 5) is 20.4. The molecule has 0 aliphatic heterocycles. The fourth-order valence-corrected chi connectivity index (χ4v) is 4.14. The Balaban J connectivity index is 1.97. The zero-order chi connectivity index (χ0) is 22.9. The lowest BCUT2D eigenvalue weighted by atomic mass is 9.90. The first-order valence-electron chi connectivity index (χ1n) is 10.4. The number of aromatic nitrogens is 4. The molecule has 0 amide bonds. The highest BCUT2D eigenvalue weighted by Crippen LogP contribution is 2.44. The average molecular weight is 453 g/mol. The summed E-state index contributed by atoms with van der Waals surface area (Å²) >= 11 is 6.40. The van der Waals surface area contributed by atoms with E-state index < -0.39 is 0 Å². The number of nitrogens with two attached hydrogens (primary N) is 1. The van der Waals surface area contributed by atoms with Crippen LogP contribution in [0.4, 0.5) is 11.5 Å². The molecular weight excluding hydrogens is 432 g/mol. The summed E-state index contributed by atoms with van der Waals surface area (Å²) < 4.78 is 0. The molecule has 0 saturated heterocycles. The molecule has 0 bridgehead atoms. The molecule has 5 rings (SSSR count). The summed E-state index contributed by atoms with van der Waals surface area (Å²) in [5.41, 5.74) is 13.0. The van der Waals surface area contributed by atoms with E-state index in [4.69, 9.17) is 22.3 Å². The van der Waals surface area contributed by atoms with Crippen LogP contribution in [0.15, 0.2) is 79.3 Å². The molecule has 162 valence electrons. The van der Waals surface area contributed by atoms with Crippen molar-refractivity contribution in [3.05, 3.63) is 84.3 Å². The zero-order valence-electron chi connectivity index (χ0n) is 18.2. The minimum atomic E-state index is 0.362. The molecule has 0 spiro atoms. The smallest absolute Gasteiger partial charge is 0.165 e. The first-order chi connectivity index (χ1) is 16.0. The highest BCUT2D eigenvalue weighted by Gasteiger charge is 2.23. The summed E-state index contributed by atoms with van der Waals surface area (Å²) in [6.07, 6.45) is 3.22. The number of rotatable bonds is 4. The maximum Gasteiger partial charge on any atom is 0.165 e. The molecule has 0 fully saturated rings. The lowest BCUT2D eigenvalue weighted by Gasteiger charge is -2.19. The van der Waals surface area contributed by atoms with Crippen molar-refractivity contribution >= 4 is 34.1 Å². The molecule has 0 unspecified atom stereocenters. The van der Waals surface area contributed by atoms with Crippen molar-refractivity contribution in [3.63, 3.8) is 0 Å². The highest BCUT2D eigenvalue weighted by atomic mass is 35.5. The number of pyridine rings is 2. The van der Waals surface area contributed by atoms with E-state index in [0.717, 1.165) is 33.6 Å². The Labute approximate surface area is 196 Å². The van der Waals surface area contributed by atoms with Gasteiger partial charge in [-0.3, -0.25) is 4.98 Å². The molecule has 2 N–H and O–H groups in total. The molecular formula is C26H21ClN6. The van der Waals surface area contributed by atoms with Crippen LogP contribution >= 0.6 is 11.6 Å². The fraction of sp³-hybridized carbons (Fsp3) is 0.0769. The second kappa shape index (κ2) is 8.48. The topological polar surface area (TPSA) is 80.8 Å². The fourth-order valence-electron chi connectivity index (χ4n) is 3.95. The van der Waals surface area contributed by atoms with E-state index in [1.165, 1.54) is 6.33 Å². The molecule has 0 radical (unpaired) electrons. The van der Waals surface area contributed by atoms with Crippen LogP contribution in [0.5, 0.6) is 0 Å². The number of hydrogen-bond donors (Lipinski definition) is 1. The van der Waals surface area contributed by atoms with Crippen molar-refractivity contribution in [2.24, 2.45) is 0 Å². The third-order valence-corrected chi connectivity index (χ3v) is 5.72. The predicted octanol–water partition coefficient (Wildman–Crippen LogP) is 5.72. The Morgan fingerprint density at radius 1 is 0.818 bits per heavy atom. The summed E-state index contributed by atoms with van der Waals surface area (Å²) in [5, 5.41) is 1.31. The molecule has 0 atom stereocenters. The van der Waals surface area contributed by atoms with Gasteiger partial charge in [-0.25, -0.2) is 15.0 Å². The van der Waals surface area contributed by atoms with Gasteiger partial charge in [-0.2, -0.15) is 0 Å². The SMILES string of the molecule is CN(C)c1ccnc(-c2nc3ncnc(N)c3c(-c3cccc(Cl)c3)c2-c2ccccc2)c1. The van der Waals surface area contributed by atoms with Crippen LogP contribution in [0.3, 0.4) is 0 Å². The van der Waals surface area contributed by atoms with Crippen molar-refractivity contribution in [2.45, 2.75) is 0 Å². The highest BCUT2D eigenvalue weighted by molar-refractivity contribution is 6.31. The van der Waals surface area contributed by atoms with E-state index in [1.54, 1.807) is 6.20 Å². The molecule has 5 aromatic rings. The van der Waals surface area contributed by atoms with Gasteiger partial charge >= 0.3 is 0 Å². The van der Waals surface area contributed by atoms with Crippen LogP contribution in [0, 0.1) is 0 Å². The van der Waals surface area contributed by atoms with Gasteiger partial charge < -0.3 is 10.6 Å². The zero-order valence-corrected chi connectivity index (χ0v) is 19.0. The second-order valence-electron chi connectivity index (χ2n) is 7.84. The number of halogens is 1. The van der Waals surface area contributed by atoms with Crippen LogP contribution in [0.2, 0.25) is 5.02 Å². The minimum absolute atomic E-state index is 0.362. The van der Waals surface area contributed by atoms with Crippen molar-refractivity contribution in [1.82, 2.24) is 19.9 Å². The van der Waals surface area contributed by atoms with Gasteiger partial charge in [-0.05, 0) is 35.4 Å². The van der Waals surface area contributed by atoms with Crippen LogP contribution in [0.25, 0.3) is 44.7 Å². The Morgan fingerprint density at radius 2 is 1.61 bits per heavy atom.